The summed E-state index contributed by atoms with van der Waals surface area (Å²) in [5.41, 5.74) is -1.09. The summed E-state index contributed by atoms with van der Waals surface area (Å²) in [7, 11) is 1.39. The van der Waals surface area contributed by atoms with Gasteiger partial charge in [-0.15, -0.1) is 11.8 Å². The number of unbranched alkanes of at least 4 members (excludes halogenated alkanes) is 5. The predicted octanol–water partition coefficient (Wildman–Crippen LogP) is 3.79. The largest absolute Gasteiger partial charge is 0.469 e. The zero-order valence-electron chi connectivity index (χ0n) is 15.4. The van der Waals surface area contributed by atoms with Gasteiger partial charge >= 0.3 is 5.97 Å². The molecule has 0 saturated heterocycles. The summed E-state index contributed by atoms with van der Waals surface area (Å²) in [4.78, 5) is 24.0. The Morgan fingerprint density at radius 3 is 2.76 bits per heavy atom. The molecule has 0 aromatic heterocycles. The first kappa shape index (κ1) is 21.5. The van der Waals surface area contributed by atoms with Gasteiger partial charge in [0.05, 0.1) is 12.0 Å². The first-order valence-corrected chi connectivity index (χ1v) is 10.0. The molecular formula is C20H28O4S. The van der Waals surface area contributed by atoms with E-state index in [1.165, 1.54) is 18.9 Å². The zero-order valence-corrected chi connectivity index (χ0v) is 16.2. The fourth-order valence-electron chi connectivity index (χ4n) is 2.54. The normalized spacial score (nSPS) is 21.0. The Hall–Kier alpha value is -1.51. The number of aliphatic hydroxyl groups is 1. The first-order valence-electron chi connectivity index (χ1n) is 8.80. The van der Waals surface area contributed by atoms with Crippen LogP contribution in [0, 0.1) is 11.8 Å². The van der Waals surface area contributed by atoms with Crippen molar-refractivity contribution < 1.29 is 19.4 Å². The molecule has 0 spiro atoms. The van der Waals surface area contributed by atoms with Crippen LogP contribution < -0.4 is 0 Å². The van der Waals surface area contributed by atoms with Gasteiger partial charge in [-0.3, -0.25) is 9.59 Å². The number of hydrogen-bond donors (Lipinski definition) is 1. The molecule has 0 radical (unpaired) electrons. The topological polar surface area (TPSA) is 63.6 Å². The van der Waals surface area contributed by atoms with Crippen LogP contribution >= 0.6 is 11.8 Å². The van der Waals surface area contributed by atoms with Gasteiger partial charge in [0.1, 0.15) is 0 Å². The van der Waals surface area contributed by atoms with Gasteiger partial charge < -0.3 is 9.84 Å². The Balaban J connectivity index is 2.68. The van der Waals surface area contributed by atoms with Gasteiger partial charge in [-0.1, -0.05) is 37.7 Å². The molecule has 1 unspecified atom stereocenters. The van der Waals surface area contributed by atoms with Crippen LogP contribution in [-0.2, 0) is 14.3 Å². The summed E-state index contributed by atoms with van der Waals surface area (Å²) in [5, 5.41) is 10.8. The highest BCUT2D eigenvalue weighted by Gasteiger charge is 2.40. The number of esters is 1. The van der Waals surface area contributed by atoms with Crippen LogP contribution in [0.4, 0.5) is 0 Å². The van der Waals surface area contributed by atoms with Crippen LogP contribution in [0.5, 0.6) is 0 Å². The van der Waals surface area contributed by atoms with E-state index in [-0.39, 0.29) is 11.8 Å². The van der Waals surface area contributed by atoms with Crippen molar-refractivity contribution in [1.29, 1.82) is 0 Å². The Morgan fingerprint density at radius 2 is 2.12 bits per heavy atom. The van der Waals surface area contributed by atoms with Gasteiger partial charge in [0.2, 0.25) is 0 Å². The third-order valence-electron chi connectivity index (χ3n) is 4.03. The molecule has 1 atom stereocenters. The molecule has 1 aliphatic rings. The number of rotatable bonds is 9. The summed E-state index contributed by atoms with van der Waals surface area (Å²) in [6.45, 7) is 2.09. The van der Waals surface area contributed by atoms with Crippen molar-refractivity contribution in [3.8, 4) is 11.8 Å². The number of ketones is 1. The molecule has 25 heavy (non-hydrogen) atoms. The van der Waals surface area contributed by atoms with E-state index in [0.29, 0.717) is 23.3 Å². The minimum absolute atomic E-state index is 0.130. The Bertz CT molecular complexity index is 595. The van der Waals surface area contributed by atoms with Gasteiger partial charge in [0, 0.05) is 18.4 Å². The van der Waals surface area contributed by atoms with Gasteiger partial charge in [-0.05, 0) is 38.0 Å². The van der Waals surface area contributed by atoms with Crippen LogP contribution in [0.3, 0.4) is 0 Å². The minimum Gasteiger partial charge on any atom is -0.469 e. The van der Waals surface area contributed by atoms with Crippen LogP contribution in [-0.4, -0.2) is 35.8 Å². The molecule has 0 aromatic rings. The first-order chi connectivity index (χ1) is 12.0. The molecule has 0 aromatic carbocycles. The summed E-state index contributed by atoms with van der Waals surface area (Å²) in [5.74, 6) is 5.54. The number of methoxy groups -OCH3 is 1. The molecule has 0 amide bonds. The predicted molar refractivity (Wildman–Crippen MR) is 102 cm³/mol. The molecule has 0 aliphatic heterocycles. The van der Waals surface area contributed by atoms with Crippen molar-refractivity contribution in [2.75, 3.05) is 13.4 Å². The number of carbonyl (C=O) groups is 2. The zero-order chi connectivity index (χ0) is 18.7. The summed E-state index contributed by atoms with van der Waals surface area (Å²) in [6.07, 6.45) is 11.5. The third-order valence-corrected chi connectivity index (χ3v) is 4.78. The highest BCUT2D eigenvalue weighted by Crippen LogP contribution is 2.35. The van der Waals surface area contributed by atoms with E-state index in [1.807, 2.05) is 6.26 Å². The van der Waals surface area contributed by atoms with Crippen molar-refractivity contribution in [2.24, 2.45) is 0 Å². The van der Waals surface area contributed by atoms with Gasteiger partial charge in [0.25, 0.3) is 0 Å². The van der Waals surface area contributed by atoms with Crippen molar-refractivity contribution in [3.63, 3.8) is 0 Å². The summed E-state index contributed by atoms with van der Waals surface area (Å²) >= 11 is 1.33. The molecule has 0 saturated carbocycles. The average molecular weight is 365 g/mol. The third kappa shape index (κ3) is 6.72. The maximum absolute atomic E-state index is 12.4. The average Bonchev–Trinajstić information content (AvgIpc) is 2.85. The van der Waals surface area contributed by atoms with Crippen LogP contribution in [0.2, 0.25) is 0 Å². The number of carbonyl (C=O) groups excluding carboxylic acids is 2. The van der Waals surface area contributed by atoms with Crippen LogP contribution in [0.1, 0.15) is 58.3 Å². The van der Waals surface area contributed by atoms with Crippen molar-refractivity contribution in [3.05, 3.63) is 22.6 Å². The highest BCUT2D eigenvalue weighted by molar-refractivity contribution is 8.03. The SMILES string of the molecule is CCCCC#CC1(O)C=C(SC)C(=O)/C1=C\CCCCCC(=O)OC. The molecule has 1 N–H and O–H groups in total. The fraction of sp³-hybridized carbons (Fsp3) is 0.600. The number of thioether (sulfide) groups is 1. The standard InChI is InChI=1S/C20H28O4S/c1-4-5-6-11-14-20(23)15-17(25-3)19(22)16(20)12-9-7-8-10-13-18(21)24-2/h12,15,23H,4-10,13H2,1-3H3/b16-12+. The number of hydrogen-bond acceptors (Lipinski definition) is 5. The number of Topliss-reactive ketones (excluding diaryl/α,β-unsaturated/α-hetero) is 1. The highest BCUT2D eigenvalue weighted by atomic mass is 32.2. The maximum atomic E-state index is 12.4. The second-order valence-electron chi connectivity index (χ2n) is 6.01. The minimum atomic E-state index is -1.46. The van der Waals surface area contributed by atoms with E-state index in [0.717, 1.165) is 38.5 Å². The molecule has 5 heteroatoms. The van der Waals surface area contributed by atoms with Crippen molar-refractivity contribution >= 4 is 23.5 Å². The lowest BCUT2D eigenvalue weighted by Gasteiger charge is -2.15. The molecular weight excluding hydrogens is 336 g/mol. The molecule has 0 bridgehead atoms. The Labute approximate surface area is 155 Å². The molecule has 1 aliphatic carbocycles. The van der Waals surface area contributed by atoms with Crippen LogP contribution in [0.15, 0.2) is 22.6 Å². The Morgan fingerprint density at radius 1 is 1.36 bits per heavy atom. The lowest BCUT2D eigenvalue weighted by atomic mass is 9.95. The molecule has 0 fully saturated rings. The lowest BCUT2D eigenvalue weighted by Crippen LogP contribution is -2.25. The van der Waals surface area contributed by atoms with E-state index < -0.39 is 5.60 Å². The van der Waals surface area contributed by atoms with Gasteiger partial charge in [-0.2, -0.15) is 0 Å². The smallest absolute Gasteiger partial charge is 0.305 e. The second kappa shape index (κ2) is 11.2. The molecule has 4 nitrogen and oxygen atoms in total. The maximum Gasteiger partial charge on any atom is 0.305 e. The van der Waals surface area contributed by atoms with E-state index in [2.05, 4.69) is 23.5 Å². The molecule has 1 rings (SSSR count). The fourth-order valence-corrected chi connectivity index (χ4v) is 3.13. The molecule has 0 heterocycles. The Kier molecular flexibility index (Phi) is 9.62. The lowest BCUT2D eigenvalue weighted by molar-refractivity contribution is -0.140. The van der Waals surface area contributed by atoms with E-state index in [9.17, 15) is 14.7 Å². The van der Waals surface area contributed by atoms with E-state index >= 15 is 0 Å². The monoisotopic (exact) mass is 364 g/mol. The van der Waals surface area contributed by atoms with E-state index in [4.69, 9.17) is 0 Å². The van der Waals surface area contributed by atoms with Crippen molar-refractivity contribution in [1.82, 2.24) is 0 Å². The van der Waals surface area contributed by atoms with Crippen LogP contribution in [0.25, 0.3) is 0 Å². The number of allylic oxidation sites excluding steroid dienone is 2. The van der Waals surface area contributed by atoms with Crippen molar-refractivity contribution in [2.45, 2.75) is 63.9 Å². The number of ether oxygens (including phenoxy) is 1. The summed E-state index contributed by atoms with van der Waals surface area (Å²) in [6, 6.07) is 0. The van der Waals surface area contributed by atoms with Gasteiger partial charge in [-0.25, -0.2) is 0 Å². The van der Waals surface area contributed by atoms with Gasteiger partial charge in [0.15, 0.2) is 11.4 Å². The summed E-state index contributed by atoms with van der Waals surface area (Å²) < 4.78 is 4.61. The van der Waals surface area contributed by atoms with E-state index in [1.54, 1.807) is 12.2 Å². The second-order valence-corrected chi connectivity index (χ2v) is 6.85. The quantitative estimate of drug-likeness (QED) is 0.292. The molecule has 138 valence electrons.